The maximum Gasteiger partial charge on any atom is 0.242 e. The molecule has 0 radical (unpaired) electrons. The molecule has 1 fully saturated rings. The predicted molar refractivity (Wildman–Crippen MR) is 81.7 cm³/mol. The molecule has 1 amide bonds. The average molecular weight is 322 g/mol. The zero-order valence-electron chi connectivity index (χ0n) is 12.5. The first-order valence-electron chi connectivity index (χ1n) is 7.12. The van der Waals surface area contributed by atoms with Gasteiger partial charge in [-0.15, -0.1) is 11.3 Å². The van der Waals surface area contributed by atoms with Gasteiger partial charge in [0.2, 0.25) is 5.91 Å². The standard InChI is InChI=1S/C14H18N4O3S/c1-9-7-12(17-21-9)16-13(19)10(2)18-4-5-20-11(8-18)14-15-3-6-22-14/h3,6-7,10-11H,4-5,8H2,1-2H3,(H,16,17,19). The van der Waals surface area contributed by atoms with Gasteiger partial charge in [-0.3, -0.25) is 9.69 Å². The number of carbonyl (C=O) groups is 1. The summed E-state index contributed by atoms with van der Waals surface area (Å²) in [4.78, 5) is 18.7. The van der Waals surface area contributed by atoms with Crippen LogP contribution in [0.2, 0.25) is 0 Å². The fraction of sp³-hybridized carbons (Fsp3) is 0.500. The highest BCUT2D eigenvalue weighted by Gasteiger charge is 2.30. The topological polar surface area (TPSA) is 80.5 Å². The number of nitrogens with zero attached hydrogens (tertiary/aromatic N) is 3. The average Bonchev–Trinajstić information content (AvgIpc) is 3.18. The Morgan fingerprint density at radius 1 is 1.59 bits per heavy atom. The smallest absolute Gasteiger partial charge is 0.242 e. The number of morpholine rings is 1. The highest BCUT2D eigenvalue weighted by Crippen LogP contribution is 2.25. The van der Waals surface area contributed by atoms with Crippen LogP contribution in [0.25, 0.3) is 0 Å². The summed E-state index contributed by atoms with van der Waals surface area (Å²) in [5, 5.41) is 9.43. The Bertz CT molecular complexity index is 628. The number of aromatic nitrogens is 2. The van der Waals surface area contributed by atoms with Crippen LogP contribution in [-0.2, 0) is 9.53 Å². The summed E-state index contributed by atoms with van der Waals surface area (Å²) in [5.74, 6) is 1.00. The molecular formula is C14H18N4O3S. The number of anilines is 1. The van der Waals surface area contributed by atoms with Gasteiger partial charge in [-0.1, -0.05) is 5.16 Å². The van der Waals surface area contributed by atoms with Gasteiger partial charge in [-0.2, -0.15) is 0 Å². The summed E-state index contributed by atoms with van der Waals surface area (Å²) in [5.41, 5.74) is 0. The SMILES string of the molecule is Cc1cc(NC(=O)C(C)N2CCOC(c3nccs3)C2)no1. The zero-order valence-corrected chi connectivity index (χ0v) is 13.3. The Morgan fingerprint density at radius 3 is 3.14 bits per heavy atom. The molecule has 2 aromatic heterocycles. The molecule has 0 aromatic carbocycles. The van der Waals surface area contributed by atoms with E-state index < -0.39 is 0 Å². The molecule has 22 heavy (non-hydrogen) atoms. The number of hydrogen-bond donors (Lipinski definition) is 1. The van der Waals surface area contributed by atoms with Crippen LogP contribution in [-0.4, -0.2) is 46.7 Å². The Morgan fingerprint density at radius 2 is 2.45 bits per heavy atom. The molecule has 118 valence electrons. The Hall–Kier alpha value is -1.77. The lowest BCUT2D eigenvalue weighted by Crippen LogP contribution is -2.48. The van der Waals surface area contributed by atoms with E-state index in [4.69, 9.17) is 9.26 Å². The van der Waals surface area contributed by atoms with Crippen molar-refractivity contribution in [3.05, 3.63) is 28.4 Å². The molecule has 0 saturated carbocycles. The second-order valence-electron chi connectivity index (χ2n) is 5.21. The van der Waals surface area contributed by atoms with Crippen molar-refractivity contribution in [2.45, 2.75) is 26.0 Å². The molecule has 1 N–H and O–H groups in total. The number of hydrogen-bond acceptors (Lipinski definition) is 7. The lowest BCUT2D eigenvalue weighted by atomic mass is 10.2. The van der Waals surface area contributed by atoms with E-state index in [2.05, 4.69) is 20.4 Å². The van der Waals surface area contributed by atoms with Crippen LogP contribution >= 0.6 is 11.3 Å². The van der Waals surface area contributed by atoms with E-state index in [1.54, 1.807) is 30.5 Å². The summed E-state index contributed by atoms with van der Waals surface area (Å²) < 4.78 is 10.7. The molecule has 2 aromatic rings. The summed E-state index contributed by atoms with van der Waals surface area (Å²) in [6.07, 6.45) is 1.70. The van der Waals surface area contributed by atoms with Crippen molar-refractivity contribution in [2.75, 3.05) is 25.0 Å². The van der Waals surface area contributed by atoms with Crippen molar-refractivity contribution in [3.8, 4) is 0 Å². The minimum atomic E-state index is -0.275. The molecule has 8 heteroatoms. The lowest BCUT2D eigenvalue weighted by Gasteiger charge is -2.35. The van der Waals surface area contributed by atoms with Gasteiger partial charge in [0.25, 0.3) is 0 Å². The van der Waals surface area contributed by atoms with Crippen LogP contribution in [0.15, 0.2) is 22.2 Å². The van der Waals surface area contributed by atoms with Gasteiger partial charge < -0.3 is 14.6 Å². The molecule has 1 aliphatic rings. The Balaban J connectivity index is 1.61. The number of amides is 1. The maximum atomic E-state index is 12.3. The third-order valence-corrected chi connectivity index (χ3v) is 4.50. The van der Waals surface area contributed by atoms with E-state index in [1.165, 1.54) is 0 Å². The summed E-state index contributed by atoms with van der Waals surface area (Å²) >= 11 is 1.57. The van der Waals surface area contributed by atoms with Crippen LogP contribution in [0.4, 0.5) is 5.82 Å². The molecule has 7 nitrogen and oxygen atoms in total. The molecule has 0 spiro atoms. The fourth-order valence-corrected chi connectivity index (χ4v) is 3.06. The van der Waals surface area contributed by atoms with Crippen LogP contribution < -0.4 is 5.32 Å². The number of ether oxygens (including phenoxy) is 1. The largest absolute Gasteiger partial charge is 0.368 e. The molecular weight excluding hydrogens is 304 g/mol. The maximum absolute atomic E-state index is 12.3. The van der Waals surface area contributed by atoms with Crippen LogP contribution in [0, 0.1) is 6.92 Å². The molecule has 1 aliphatic heterocycles. The first-order valence-corrected chi connectivity index (χ1v) is 8.00. The van der Waals surface area contributed by atoms with E-state index >= 15 is 0 Å². The van der Waals surface area contributed by atoms with Crippen LogP contribution in [0.3, 0.4) is 0 Å². The van der Waals surface area contributed by atoms with Gasteiger partial charge in [0.15, 0.2) is 5.82 Å². The van der Waals surface area contributed by atoms with Crippen molar-refractivity contribution in [1.82, 2.24) is 15.0 Å². The second-order valence-corrected chi connectivity index (χ2v) is 6.14. The first kappa shape index (κ1) is 15.1. The van der Waals surface area contributed by atoms with Crippen molar-refractivity contribution >= 4 is 23.1 Å². The van der Waals surface area contributed by atoms with Crippen LogP contribution in [0.1, 0.15) is 23.8 Å². The number of aryl methyl sites for hydroxylation is 1. The third-order valence-electron chi connectivity index (χ3n) is 3.63. The van der Waals surface area contributed by atoms with Crippen LogP contribution in [0.5, 0.6) is 0 Å². The molecule has 3 rings (SSSR count). The Kier molecular flexibility index (Phi) is 4.51. The Labute approximate surface area is 132 Å². The number of rotatable bonds is 4. The fourth-order valence-electron chi connectivity index (χ4n) is 2.39. The summed E-state index contributed by atoms with van der Waals surface area (Å²) in [7, 11) is 0. The number of thiazole rings is 1. The van der Waals surface area contributed by atoms with Crippen molar-refractivity contribution in [1.29, 1.82) is 0 Å². The molecule has 0 bridgehead atoms. The lowest BCUT2D eigenvalue weighted by molar-refractivity contribution is -0.124. The third kappa shape index (κ3) is 3.34. The quantitative estimate of drug-likeness (QED) is 0.925. The van der Waals surface area contributed by atoms with Crippen molar-refractivity contribution in [2.24, 2.45) is 0 Å². The minimum Gasteiger partial charge on any atom is -0.368 e. The minimum absolute atomic E-state index is 0.0710. The molecule has 1 saturated heterocycles. The molecule has 2 atom stereocenters. The van der Waals surface area contributed by atoms with E-state index in [1.807, 2.05) is 12.3 Å². The highest BCUT2D eigenvalue weighted by atomic mass is 32.1. The number of carbonyl (C=O) groups excluding carboxylic acids is 1. The van der Waals surface area contributed by atoms with Crippen molar-refractivity contribution < 1.29 is 14.1 Å². The van der Waals surface area contributed by atoms with Gasteiger partial charge in [0.05, 0.1) is 12.6 Å². The monoisotopic (exact) mass is 322 g/mol. The first-order chi connectivity index (χ1) is 10.6. The van der Waals surface area contributed by atoms with E-state index in [9.17, 15) is 4.79 Å². The van der Waals surface area contributed by atoms with E-state index in [0.717, 1.165) is 5.01 Å². The highest BCUT2D eigenvalue weighted by molar-refractivity contribution is 7.09. The van der Waals surface area contributed by atoms with Gasteiger partial charge in [0.1, 0.15) is 16.9 Å². The van der Waals surface area contributed by atoms with Crippen molar-refractivity contribution in [3.63, 3.8) is 0 Å². The van der Waals surface area contributed by atoms with E-state index in [-0.39, 0.29) is 18.1 Å². The number of nitrogens with one attached hydrogen (secondary N) is 1. The molecule has 2 unspecified atom stereocenters. The summed E-state index contributed by atoms with van der Waals surface area (Å²) in [6.45, 7) is 5.62. The zero-order chi connectivity index (χ0) is 15.5. The van der Waals surface area contributed by atoms with Gasteiger partial charge in [0, 0.05) is 30.7 Å². The predicted octanol–water partition coefficient (Wildman–Crippen LogP) is 1.84. The second kappa shape index (κ2) is 6.55. The van der Waals surface area contributed by atoms with E-state index in [0.29, 0.717) is 31.3 Å². The van der Waals surface area contributed by atoms with Gasteiger partial charge in [-0.25, -0.2) is 4.98 Å². The van der Waals surface area contributed by atoms with Gasteiger partial charge >= 0.3 is 0 Å². The summed E-state index contributed by atoms with van der Waals surface area (Å²) in [6, 6.07) is 1.42. The molecule has 3 heterocycles. The van der Waals surface area contributed by atoms with Gasteiger partial charge in [-0.05, 0) is 13.8 Å². The molecule has 0 aliphatic carbocycles. The normalized spacial score (nSPS) is 20.7.